The summed E-state index contributed by atoms with van der Waals surface area (Å²) in [5, 5.41) is 4.41. The lowest BCUT2D eigenvalue weighted by molar-refractivity contribution is -0.211. The van der Waals surface area contributed by atoms with E-state index in [-0.39, 0.29) is 22.2 Å². The molecule has 6 saturated carbocycles. The minimum Gasteiger partial charge on any atom is -0.339 e. The van der Waals surface area contributed by atoms with Crippen LogP contribution in [0.5, 0.6) is 0 Å². The highest BCUT2D eigenvalue weighted by Gasteiger charge is 2.73. The Hall–Kier alpha value is -1.83. The Labute approximate surface area is 208 Å². The van der Waals surface area contributed by atoms with Crippen molar-refractivity contribution in [2.24, 2.45) is 10.8 Å². The molecule has 0 spiro atoms. The Morgan fingerprint density at radius 2 is 1.76 bits per heavy atom. The molecule has 6 nitrogen and oxygen atoms in total. The summed E-state index contributed by atoms with van der Waals surface area (Å²) < 4.78 is 20.8. The first kappa shape index (κ1) is 22.6. The lowest BCUT2D eigenvalue weighted by atomic mass is 9.41. The number of carbonyl (C=O) groups excluding carboxylic acids is 1. The van der Waals surface area contributed by atoms with E-state index in [0.717, 1.165) is 54.5 Å². The van der Waals surface area contributed by atoms with E-state index in [2.05, 4.69) is 46.8 Å². The third-order valence-electron chi connectivity index (χ3n) is 9.10. The van der Waals surface area contributed by atoms with Crippen LogP contribution in [-0.2, 0) is 15.6 Å². The first-order valence-electron chi connectivity index (χ1n) is 12.4. The molecule has 2 heterocycles. The van der Waals surface area contributed by atoms with E-state index in [9.17, 15) is 9.18 Å². The maximum atomic E-state index is 14.3. The maximum absolute atomic E-state index is 14.3. The number of halogens is 2. The quantitative estimate of drug-likeness (QED) is 0.470. The smallest absolute Gasteiger partial charge is 0.233 e. The molecule has 8 rings (SSSR count). The van der Waals surface area contributed by atoms with Gasteiger partial charge in [0.25, 0.3) is 0 Å². The van der Waals surface area contributed by atoms with Crippen LogP contribution < -0.4 is 4.90 Å². The number of anilines is 1. The predicted octanol–water partition coefficient (Wildman–Crippen LogP) is 6.04. The zero-order valence-electron chi connectivity index (χ0n) is 20.2. The van der Waals surface area contributed by atoms with Crippen molar-refractivity contribution in [1.29, 1.82) is 0 Å². The van der Waals surface area contributed by atoms with Crippen molar-refractivity contribution in [3.05, 3.63) is 34.6 Å². The molecular weight excluding hydrogens is 499 g/mol. The van der Waals surface area contributed by atoms with Crippen LogP contribution in [0.4, 0.5) is 10.1 Å². The van der Waals surface area contributed by atoms with Gasteiger partial charge in [0.15, 0.2) is 5.82 Å². The highest BCUT2D eigenvalue weighted by molar-refractivity contribution is 9.10. The maximum Gasteiger partial charge on any atom is 0.233 e. The van der Waals surface area contributed by atoms with Crippen LogP contribution in [0.3, 0.4) is 0 Å². The van der Waals surface area contributed by atoms with Crippen molar-refractivity contribution < 1.29 is 13.7 Å². The SMILES string of the molecule is CC(C)(C)c1nc(C23CCC(CN(C(=O)C45CC(F)(C4)C5)c4cncc(Br)c4)(CC2)CC3)no1. The van der Waals surface area contributed by atoms with Crippen LogP contribution >= 0.6 is 15.9 Å². The van der Waals surface area contributed by atoms with Crippen molar-refractivity contribution in [2.45, 2.75) is 95.1 Å². The number of alkyl halides is 1. The molecule has 0 radical (unpaired) electrons. The molecule has 2 aromatic heterocycles. The molecule has 0 unspecified atom stereocenters. The summed E-state index contributed by atoms with van der Waals surface area (Å²) in [6.45, 7) is 6.94. The average Bonchev–Trinajstić information content (AvgIpc) is 3.27. The molecule has 8 heteroatoms. The van der Waals surface area contributed by atoms with Crippen molar-refractivity contribution in [3.63, 3.8) is 0 Å². The number of carbonyl (C=O) groups is 1. The number of aromatic nitrogens is 3. The fourth-order valence-electron chi connectivity index (χ4n) is 6.92. The number of fused-ring (bicyclic) bond motifs is 3. The molecule has 6 fully saturated rings. The molecule has 2 aromatic rings. The molecule has 0 aliphatic heterocycles. The van der Waals surface area contributed by atoms with Gasteiger partial charge in [-0.05, 0) is 85.2 Å². The zero-order valence-corrected chi connectivity index (χ0v) is 21.8. The van der Waals surface area contributed by atoms with Gasteiger partial charge in [-0.1, -0.05) is 25.9 Å². The fraction of sp³-hybridized carbons (Fsp3) is 0.692. The second kappa shape index (κ2) is 7.11. The predicted molar refractivity (Wildman–Crippen MR) is 129 cm³/mol. The third kappa shape index (κ3) is 3.38. The van der Waals surface area contributed by atoms with Crippen LogP contribution in [0.2, 0.25) is 0 Å². The van der Waals surface area contributed by atoms with Crippen LogP contribution in [-0.4, -0.2) is 33.2 Å². The molecule has 0 atom stereocenters. The number of nitrogens with zero attached hydrogens (tertiary/aromatic N) is 4. The van der Waals surface area contributed by atoms with Crippen molar-refractivity contribution in [1.82, 2.24) is 15.1 Å². The van der Waals surface area contributed by atoms with Gasteiger partial charge in [0.05, 0.1) is 17.3 Å². The molecule has 1 amide bonds. The highest BCUT2D eigenvalue weighted by Crippen LogP contribution is 2.70. The van der Waals surface area contributed by atoms with Gasteiger partial charge >= 0.3 is 0 Å². The fourth-order valence-corrected chi connectivity index (χ4v) is 7.27. The minimum absolute atomic E-state index is 0.0185. The summed E-state index contributed by atoms with van der Waals surface area (Å²) in [6.07, 6.45) is 10.7. The molecule has 6 aliphatic carbocycles. The number of hydrogen-bond donors (Lipinski definition) is 0. The zero-order chi connectivity index (χ0) is 24.0. The normalized spacial score (nSPS) is 36.0. The Balaban J connectivity index is 1.23. The Kier molecular flexibility index (Phi) is 4.73. The summed E-state index contributed by atoms with van der Waals surface area (Å²) in [5.41, 5.74) is -0.909. The van der Waals surface area contributed by atoms with Gasteiger partial charge in [0.2, 0.25) is 11.8 Å². The number of hydrogen-bond acceptors (Lipinski definition) is 5. The average molecular weight is 531 g/mol. The third-order valence-corrected chi connectivity index (χ3v) is 9.54. The number of pyridine rings is 1. The molecule has 182 valence electrons. The summed E-state index contributed by atoms with van der Waals surface area (Å²) in [4.78, 5) is 24.8. The molecule has 6 aliphatic rings. The van der Waals surface area contributed by atoms with E-state index in [1.165, 1.54) is 0 Å². The summed E-state index contributed by atoms with van der Waals surface area (Å²) in [7, 11) is 0. The lowest BCUT2D eigenvalue weighted by Crippen LogP contribution is -2.71. The number of amides is 1. The van der Waals surface area contributed by atoms with E-state index >= 15 is 0 Å². The monoisotopic (exact) mass is 530 g/mol. The first-order valence-corrected chi connectivity index (χ1v) is 13.2. The van der Waals surface area contributed by atoms with E-state index in [0.29, 0.717) is 31.7 Å². The molecule has 0 aromatic carbocycles. The minimum atomic E-state index is -1.10. The lowest BCUT2D eigenvalue weighted by Gasteiger charge is -2.65. The van der Waals surface area contributed by atoms with Gasteiger partial charge in [0.1, 0.15) is 5.67 Å². The van der Waals surface area contributed by atoms with E-state index in [4.69, 9.17) is 9.51 Å². The second-order valence-electron chi connectivity index (χ2n) is 12.7. The largest absolute Gasteiger partial charge is 0.339 e. The van der Waals surface area contributed by atoms with Crippen LogP contribution in [0.15, 0.2) is 27.5 Å². The van der Waals surface area contributed by atoms with Gasteiger partial charge in [-0.3, -0.25) is 9.78 Å². The molecular formula is C26H32BrFN4O2. The Morgan fingerprint density at radius 3 is 2.29 bits per heavy atom. The number of rotatable bonds is 5. The summed E-state index contributed by atoms with van der Waals surface area (Å²) in [6, 6.07) is 1.96. The van der Waals surface area contributed by atoms with Gasteiger partial charge in [-0.2, -0.15) is 4.98 Å². The van der Waals surface area contributed by atoms with Crippen molar-refractivity contribution in [2.75, 3.05) is 11.4 Å². The van der Waals surface area contributed by atoms with Gasteiger partial charge < -0.3 is 9.42 Å². The van der Waals surface area contributed by atoms with Gasteiger partial charge in [-0.15, -0.1) is 0 Å². The second-order valence-corrected chi connectivity index (χ2v) is 13.6. The first-order chi connectivity index (χ1) is 16.0. The topological polar surface area (TPSA) is 72.1 Å². The van der Waals surface area contributed by atoms with E-state index < -0.39 is 11.1 Å². The Bertz CT molecular complexity index is 1110. The Morgan fingerprint density at radius 1 is 1.12 bits per heavy atom. The molecule has 4 bridgehead atoms. The van der Waals surface area contributed by atoms with Crippen LogP contribution in [0.25, 0.3) is 0 Å². The van der Waals surface area contributed by atoms with Crippen LogP contribution in [0.1, 0.15) is 90.3 Å². The van der Waals surface area contributed by atoms with E-state index in [1.807, 2.05) is 11.0 Å². The van der Waals surface area contributed by atoms with E-state index in [1.54, 1.807) is 12.4 Å². The van der Waals surface area contributed by atoms with Crippen LogP contribution in [0, 0.1) is 10.8 Å². The highest BCUT2D eigenvalue weighted by atomic mass is 79.9. The van der Waals surface area contributed by atoms with Gasteiger partial charge in [-0.25, -0.2) is 4.39 Å². The van der Waals surface area contributed by atoms with Gasteiger partial charge in [0, 0.05) is 28.0 Å². The van der Waals surface area contributed by atoms with Crippen molar-refractivity contribution in [3.8, 4) is 0 Å². The summed E-state index contributed by atoms with van der Waals surface area (Å²) >= 11 is 3.51. The molecule has 0 N–H and O–H groups in total. The summed E-state index contributed by atoms with van der Waals surface area (Å²) in [5.74, 6) is 1.64. The molecule has 0 saturated heterocycles. The standard InChI is InChI=1S/C26H32BrFN4O2/c1-22(2,3)20-30-19(31-34-20)24-7-4-23(5-8-24,6-9-24)16-32(18-10-17(27)11-29-12-18)21(33)25-13-26(28,14-25)15-25/h10-12H,4-9,13-16H2,1-3H3. The molecule has 34 heavy (non-hydrogen) atoms. The van der Waals surface area contributed by atoms with Crippen molar-refractivity contribution >= 4 is 27.5 Å².